The summed E-state index contributed by atoms with van der Waals surface area (Å²) in [5, 5.41) is 3.32. The van der Waals surface area contributed by atoms with Gasteiger partial charge < -0.3 is 10.3 Å². The summed E-state index contributed by atoms with van der Waals surface area (Å²) >= 11 is 1.22. The zero-order valence-electron chi connectivity index (χ0n) is 17.9. The normalized spacial score (nSPS) is 13.6. The van der Waals surface area contributed by atoms with Gasteiger partial charge in [0.1, 0.15) is 5.82 Å². The summed E-state index contributed by atoms with van der Waals surface area (Å²) in [7, 11) is 0. The first kappa shape index (κ1) is 22.2. The molecule has 0 unspecified atom stereocenters. The SMILES string of the molecule is CCc1ccc(NC(=O)CSc2nc3c(c(=O)[nH]2)CN(Cc2ccc(F)cc2)CC3)cc1. The maximum Gasteiger partial charge on any atom is 0.256 e. The Hall–Kier alpha value is -2.97. The lowest BCUT2D eigenvalue weighted by Gasteiger charge is -2.27. The molecule has 1 aliphatic heterocycles. The third kappa shape index (κ3) is 5.63. The Morgan fingerprint density at radius 3 is 2.59 bits per heavy atom. The van der Waals surface area contributed by atoms with E-state index in [4.69, 9.17) is 0 Å². The van der Waals surface area contributed by atoms with Gasteiger partial charge >= 0.3 is 0 Å². The van der Waals surface area contributed by atoms with Crippen LogP contribution in [0.2, 0.25) is 0 Å². The van der Waals surface area contributed by atoms with Crippen LogP contribution >= 0.6 is 11.8 Å². The molecule has 0 saturated carbocycles. The van der Waals surface area contributed by atoms with Crippen molar-refractivity contribution in [3.8, 4) is 0 Å². The van der Waals surface area contributed by atoms with E-state index in [-0.39, 0.29) is 23.0 Å². The lowest BCUT2D eigenvalue weighted by molar-refractivity contribution is -0.113. The number of hydrogen-bond donors (Lipinski definition) is 2. The molecule has 166 valence electrons. The van der Waals surface area contributed by atoms with Gasteiger partial charge in [0.05, 0.1) is 17.0 Å². The number of nitrogens with zero attached hydrogens (tertiary/aromatic N) is 2. The van der Waals surface area contributed by atoms with Crippen LogP contribution in [0, 0.1) is 5.82 Å². The maximum atomic E-state index is 13.1. The molecule has 1 amide bonds. The standard InChI is InChI=1S/C24H25FN4O2S/c1-2-16-5-9-19(10-6-16)26-22(30)15-32-24-27-21-11-12-29(14-20(21)23(31)28-24)13-17-3-7-18(25)8-4-17/h3-10H,2,11-15H2,1H3,(H,26,30)(H,27,28,31). The summed E-state index contributed by atoms with van der Waals surface area (Å²) in [4.78, 5) is 34.4. The fourth-order valence-electron chi connectivity index (χ4n) is 3.66. The van der Waals surface area contributed by atoms with Crippen LogP contribution in [-0.4, -0.2) is 33.1 Å². The number of carbonyl (C=O) groups excluding carboxylic acids is 1. The van der Waals surface area contributed by atoms with Gasteiger partial charge in [-0.25, -0.2) is 9.37 Å². The van der Waals surface area contributed by atoms with E-state index in [0.29, 0.717) is 30.2 Å². The van der Waals surface area contributed by atoms with Crippen molar-refractivity contribution >= 4 is 23.4 Å². The van der Waals surface area contributed by atoms with Gasteiger partial charge in [-0.3, -0.25) is 14.5 Å². The number of hydrogen-bond acceptors (Lipinski definition) is 5. The third-order valence-electron chi connectivity index (χ3n) is 5.43. The van der Waals surface area contributed by atoms with Crippen molar-refractivity contribution in [2.24, 2.45) is 0 Å². The zero-order valence-corrected chi connectivity index (χ0v) is 18.7. The minimum Gasteiger partial charge on any atom is -0.325 e. The highest BCUT2D eigenvalue weighted by atomic mass is 32.2. The lowest BCUT2D eigenvalue weighted by Crippen LogP contribution is -2.35. The maximum absolute atomic E-state index is 13.1. The summed E-state index contributed by atoms with van der Waals surface area (Å²) in [5.41, 5.74) is 4.23. The van der Waals surface area contributed by atoms with E-state index in [1.807, 2.05) is 24.3 Å². The van der Waals surface area contributed by atoms with E-state index in [2.05, 4.69) is 27.1 Å². The highest BCUT2D eigenvalue weighted by Gasteiger charge is 2.21. The highest BCUT2D eigenvalue weighted by molar-refractivity contribution is 7.99. The number of aromatic amines is 1. The predicted octanol–water partition coefficient (Wildman–Crippen LogP) is 3.76. The fraction of sp³-hybridized carbons (Fsp3) is 0.292. The number of halogens is 1. The Balaban J connectivity index is 1.34. The second-order valence-electron chi connectivity index (χ2n) is 7.77. The van der Waals surface area contributed by atoms with Gasteiger partial charge in [-0.05, 0) is 41.8 Å². The minimum atomic E-state index is -0.258. The number of fused-ring (bicyclic) bond motifs is 1. The first-order chi connectivity index (χ1) is 15.5. The van der Waals surface area contributed by atoms with Crippen LogP contribution in [0.4, 0.5) is 10.1 Å². The monoisotopic (exact) mass is 452 g/mol. The molecule has 1 aliphatic rings. The van der Waals surface area contributed by atoms with Gasteiger partial charge in [0.15, 0.2) is 5.16 Å². The summed E-state index contributed by atoms with van der Waals surface area (Å²) in [6, 6.07) is 14.2. The van der Waals surface area contributed by atoms with Crippen molar-refractivity contribution in [2.45, 2.75) is 38.0 Å². The van der Waals surface area contributed by atoms with Crippen LogP contribution in [-0.2, 0) is 30.7 Å². The Kier molecular flexibility index (Phi) is 7.02. The van der Waals surface area contributed by atoms with E-state index < -0.39 is 0 Å². The molecule has 2 aromatic carbocycles. The Morgan fingerprint density at radius 2 is 1.88 bits per heavy atom. The van der Waals surface area contributed by atoms with Crippen molar-refractivity contribution < 1.29 is 9.18 Å². The van der Waals surface area contributed by atoms with Crippen molar-refractivity contribution in [1.82, 2.24) is 14.9 Å². The van der Waals surface area contributed by atoms with E-state index in [9.17, 15) is 14.0 Å². The molecule has 6 nitrogen and oxygen atoms in total. The average Bonchev–Trinajstić information content (AvgIpc) is 2.80. The van der Waals surface area contributed by atoms with Gasteiger partial charge in [-0.2, -0.15) is 0 Å². The molecular weight excluding hydrogens is 427 g/mol. The fourth-order valence-corrected chi connectivity index (χ4v) is 4.34. The van der Waals surface area contributed by atoms with Crippen LogP contribution in [0.25, 0.3) is 0 Å². The van der Waals surface area contributed by atoms with Crippen LogP contribution in [0.1, 0.15) is 29.3 Å². The number of rotatable bonds is 7. The molecule has 0 atom stereocenters. The number of aryl methyl sites for hydroxylation is 1. The summed E-state index contributed by atoms with van der Waals surface area (Å²) in [6.45, 7) is 3.99. The molecule has 0 spiro atoms. The predicted molar refractivity (Wildman–Crippen MR) is 124 cm³/mol. The number of amides is 1. The van der Waals surface area contributed by atoms with Gasteiger partial charge in [0.2, 0.25) is 5.91 Å². The largest absolute Gasteiger partial charge is 0.325 e. The van der Waals surface area contributed by atoms with E-state index in [1.165, 1.54) is 29.5 Å². The quantitative estimate of drug-likeness (QED) is 0.422. The number of thioether (sulfide) groups is 1. The van der Waals surface area contributed by atoms with Crippen molar-refractivity contribution in [3.05, 3.63) is 87.1 Å². The van der Waals surface area contributed by atoms with E-state index in [0.717, 1.165) is 29.9 Å². The third-order valence-corrected chi connectivity index (χ3v) is 6.30. The molecular formula is C24H25FN4O2S. The highest BCUT2D eigenvalue weighted by Crippen LogP contribution is 2.20. The number of carbonyl (C=O) groups is 1. The molecule has 0 radical (unpaired) electrons. The van der Waals surface area contributed by atoms with Crippen molar-refractivity contribution in [1.29, 1.82) is 0 Å². The number of nitrogens with one attached hydrogen (secondary N) is 2. The summed E-state index contributed by atoms with van der Waals surface area (Å²) < 4.78 is 13.1. The van der Waals surface area contributed by atoms with Gasteiger partial charge in [0.25, 0.3) is 5.56 Å². The minimum absolute atomic E-state index is 0.148. The number of H-pyrrole nitrogens is 1. The summed E-state index contributed by atoms with van der Waals surface area (Å²) in [5.74, 6) is -0.245. The molecule has 0 saturated heterocycles. The second kappa shape index (κ2) is 10.1. The van der Waals surface area contributed by atoms with Crippen LogP contribution in [0.3, 0.4) is 0 Å². The van der Waals surface area contributed by atoms with Crippen LogP contribution in [0.15, 0.2) is 58.5 Å². The lowest BCUT2D eigenvalue weighted by atomic mass is 10.1. The number of aromatic nitrogens is 2. The number of benzene rings is 2. The molecule has 4 rings (SSSR count). The molecule has 2 heterocycles. The van der Waals surface area contributed by atoms with E-state index >= 15 is 0 Å². The molecule has 1 aromatic heterocycles. The zero-order chi connectivity index (χ0) is 22.5. The van der Waals surface area contributed by atoms with Gasteiger partial charge in [-0.1, -0.05) is 43.0 Å². The molecule has 32 heavy (non-hydrogen) atoms. The van der Waals surface area contributed by atoms with Gasteiger partial charge in [0, 0.05) is 31.7 Å². The van der Waals surface area contributed by atoms with Crippen LogP contribution < -0.4 is 10.9 Å². The smallest absolute Gasteiger partial charge is 0.256 e. The van der Waals surface area contributed by atoms with E-state index in [1.54, 1.807) is 12.1 Å². The van der Waals surface area contributed by atoms with Crippen LogP contribution in [0.5, 0.6) is 0 Å². The molecule has 0 aliphatic carbocycles. The summed E-state index contributed by atoms with van der Waals surface area (Å²) in [6.07, 6.45) is 1.61. The molecule has 0 fully saturated rings. The Labute approximate surface area is 190 Å². The molecule has 3 aromatic rings. The molecule has 0 bridgehead atoms. The van der Waals surface area contributed by atoms with Gasteiger partial charge in [-0.15, -0.1) is 0 Å². The average molecular weight is 453 g/mol. The first-order valence-corrected chi connectivity index (χ1v) is 11.6. The van der Waals surface area contributed by atoms with Crippen molar-refractivity contribution in [2.75, 3.05) is 17.6 Å². The molecule has 8 heteroatoms. The molecule has 2 N–H and O–H groups in total. The Bertz CT molecular complexity index is 1150. The number of anilines is 1. The Morgan fingerprint density at radius 1 is 1.16 bits per heavy atom. The second-order valence-corrected chi connectivity index (χ2v) is 8.73. The first-order valence-electron chi connectivity index (χ1n) is 10.6. The van der Waals surface area contributed by atoms with Crippen molar-refractivity contribution in [3.63, 3.8) is 0 Å². The topological polar surface area (TPSA) is 78.1 Å².